The van der Waals surface area contributed by atoms with Gasteiger partial charge in [-0.3, -0.25) is 4.90 Å². The first-order valence-electron chi connectivity index (χ1n) is 8.24. The SMILES string of the molecule is CN(CC1(N(C)C)CCC1)C1CCc2ccccc2C1N. The average molecular weight is 287 g/mol. The summed E-state index contributed by atoms with van der Waals surface area (Å²) in [6.45, 7) is 1.14. The first kappa shape index (κ1) is 15.0. The van der Waals surface area contributed by atoms with Crippen LogP contribution < -0.4 is 5.73 Å². The van der Waals surface area contributed by atoms with Crippen molar-refractivity contribution in [2.45, 2.75) is 49.7 Å². The van der Waals surface area contributed by atoms with Crippen molar-refractivity contribution < 1.29 is 0 Å². The lowest BCUT2D eigenvalue weighted by Crippen LogP contribution is -2.59. The minimum Gasteiger partial charge on any atom is -0.323 e. The third-order valence-corrected chi connectivity index (χ3v) is 5.88. The van der Waals surface area contributed by atoms with Crippen LogP contribution in [0.15, 0.2) is 24.3 Å². The van der Waals surface area contributed by atoms with Crippen LogP contribution in [0.2, 0.25) is 0 Å². The Kier molecular flexibility index (Phi) is 4.08. The third-order valence-electron chi connectivity index (χ3n) is 5.88. The van der Waals surface area contributed by atoms with E-state index in [0.717, 1.165) is 13.0 Å². The van der Waals surface area contributed by atoms with Crippen LogP contribution in [0.25, 0.3) is 0 Å². The van der Waals surface area contributed by atoms with E-state index >= 15 is 0 Å². The number of nitrogens with two attached hydrogens (primary N) is 1. The summed E-state index contributed by atoms with van der Waals surface area (Å²) in [6, 6.07) is 9.32. The number of benzene rings is 1. The Morgan fingerprint density at radius 3 is 2.52 bits per heavy atom. The molecule has 0 aliphatic heterocycles. The Labute approximate surface area is 129 Å². The minimum atomic E-state index is 0.152. The summed E-state index contributed by atoms with van der Waals surface area (Å²) in [5, 5.41) is 0. The molecule has 0 spiro atoms. The lowest BCUT2D eigenvalue weighted by Gasteiger charge is -2.51. The molecule has 0 heterocycles. The summed E-state index contributed by atoms with van der Waals surface area (Å²) in [7, 11) is 6.72. The zero-order valence-electron chi connectivity index (χ0n) is 13.7. The fourth-order valence-corrected chi connectivity index (χ4v) is 4.18. The molecule has 2 unspecified atom stereocenters. The van der Waals surface area contributed by atoms with E-state index in [9.17, 15) is 0 Å². The molecule has 3 nitrogen and oxygen atoms in total. The quantitative estimate of drug-likeness (QED) is 0.923. The second-order valence-corrected chi connectivity index (χ2v) is 7.22. The molecule has 1 aromatic carbocycles. The van der Waals surface area contributed by atoms with Gasteiger partial charge in [-0.15, -0.1) is 0 Å². The van der Waals surface area contributed by atoms with Gasteiger partial charge in [0.05, 0.1) is 0 Å². The van der Waals surface area contributed by atoms with Crippen molar-refractivity contribution in [1.82, 2.24) is 9.80 Å². The molecular weight excluding hydrogens is 258 g/mol. The van der Waals surface area contributed by atoms with Gasteiger partial charge in [0.2, 0.25) is 0 Å². The van der Waals surface area contributed by atoms with Crippen molar-refractivity contribution >= 4 is 0 Å². The number of fused-ring (bicyclic) bond motifs is 1. The molecule has 21 heavy (non-hydrogen) atoms. The van der Waals surface area contributed by atoms with Crippen LogP contribution in [-0.2, 0) is 6.42 Å². The van der Waals surface area contributed by atoms with Crippen molar-refractivity contribution in [3.63, 3.8) is 0 Å². The molecule has 3 rings (SSSR count). The number of likely N-dealkylation sites (N-methyl/N-ethyl adjacent to an activating group) is 2. The first-order valence-corrected chi connectivity index (χ1v) is 8.24. The van der Waals surface area contributed by atoms with E-state index in [0.29, 0.717) is 11.6 Å². The van der Waals surface area contributed by atoms with Gasteiger partial charge in [-0.25, -0.2) is 0 Å². The molecule has 0 saturated heterocycles. The number of nitrogens with zero attached hydrogens (tertiary/aromatic N) is 2. The molecule has 2 atom stereocenters. The van der Waals surface area contributed by atoms with E-state index in [1.165, 1.54) is 36.8 Å². The summed E-state index contributed by atoms with van der Waals surface area (Å²) in [4.78, 5) is 4.95. The van der Waals surface area contributed by atoms with Gasteiger partial charge in [0.1, 0.15) is 0 Å². The van der Waals surface area contributed by atoms with Crippen molar-refractivity contribution in [2.75, 3.05) is 27.7 Å². The van der Waals surface area contributed by atoms with Crippen LogP contribution in [-0.4, -0.2) is 49.1 Å². The highest BCUT2D eigenvalue weighted by Crippen LogP contribution is 2.38. The Morgan fingerprint density at radius 1 is 1.19 bits per heavy atom. The van der Waals surface area contributed by atoms with Gasteiger partial charge in [-0.2, -0.15) is 0 Å². The van der Waals surface area contributed by atoms with E-state index in [4.69, 9.17) is 5.73 Å². The second kappa shape index (κ2) is 5.71. The van der Waals surface area contributed by atoms with Crippen LogP contribution in [0, 0.1) is 0 Å². The molecule has 1 aromatic rings. The third kappa shape index (κ3) is 2.63. The Morgan fingerprint density at radius 2 is 1.90 bits per heavy atom. The molecule has 0 radical (unpaired) electrons. The van der Waals surface area contributed by atoms with Crippen molar-refractivity contribution in [1.29, 1.82) is 0 Å². The number of rotatable bonds is 4. The summed E-state index contributed by atoms with van der Waals surface area (Å²) in [5.41, 5.74) is 9.77. The van der Waals surface area contributed by atoms with Gasteiger partial charge in [-0.1, -0.05) is 24.3 Å². The highest BCUT2D eigenvalue weighted by molar-refractivity contribution is 5.33. The summed E-state index contributed by atoms with van der Waals surface area (Å²) >= 11 is 0. The Balaban J connectivity index is 1.73. The Hall–Kier alpha value is -0.900. The Bertz CT molecular complexity index is 493. The van der Waals surface area contributed by atoms with Gasteiger partial charge in [0, 0.05) is 24.2 Å². The average Bonchev–Trinajstić information content (AvgIpc) is 2.43. The summed E-state index contributed by atoms with van der Waals surface area (Å²) in [5.74, 6) is 0. The second-order valence-electron chi connectivity index (χ2n) is 7.22. The van der Waals surface area contributed by atoms with Gasteiger partial charge >= 0.3 is 0 Å². The predicted molar refractivity (Wildman–Crippen MR) is 88.4 cm³/mol. The molecule has 0 amide bonds. The maximum absolute atomic E-state index is 6.59. The topological polar surface area (TPSA) is 32.5 Å². The molecule has 1 fully saturated rings. The van der Waals surface area contributed by atoms with Gasteiger partial charge in [0.25, 0.3) is 0 Å². The summed E-state index contributed by atoms with van der Waals surface area (Å²) in [6.07, 6.45) is 6.35. The monoisotopic (exact) mass is 287 g/mol. The highest BCUT2D eigenvalue weighted by Gasteiger charge is 2.42. The molecule has 0 bridgehead atoms. The first-order chi connectivity index (χ1) is 10.0. The van der Waals surface area contributed by atoms with Crippen molar-refractivity contribution in [3.8, 4) is 0 Å². The van der Waals surface area contributed by atoms with Crippen LogP contribution >= 0.6 is 0 Å². The molecule has 3 heteroatoms. The van der Waals surface area contributed by atoms with E-state index in [-0.39, 0.29) is 6.04 Å². The number of aryl methyl sites for hydroxylation is 1. The maximum atomic E-state index is 6.59. The van der Waals surface area contributed by atoms with Gasteiger partial charge in [-0.05, 0) is 64.4 Å². The molecule has 2 aliphatic carbocycles. The van der Waals surface area contributed by atoms with Crippen LogP contribution in [0.4, 0.5) is 0 Å². The van der Waals surface area contributed by atoms with E-state index in [1.807, 2.05) is 0 Å². The molecule has 2 aliphatic rings. The van der Waals surface area contributed by atoms with E-state index < -0.39 is 0 Å². The van der Waals surface area contributed by atoms with Crippen molar-refractivity contribution in [2.24, 2.45) is 5.73 Å². The highest BCUT2D eigenvalue weighted by atomic mass is 15.2. The zero-order chi connectivity index (χ0) is 15.0. The molecular formula is C18H29N3. The van der Waals surface area contributed by atoms with E-state index in [2.05, 4.69) is 55.2 Å². The largest absolute Gasteiger partial charge is 0.323 e. The smallest absolute Gasteiger partial charge is 0.0455 e. The molecule has 116 valence electrons. The number of hydrogen-bond donors (Lipinski definition) is 1. The molecule has 1 saturated carbocycles. The zero-order valence-corrected chi connectivity index (χ0v) is 13.7. The fraction of sp³-hybridized carbons (Fsp3) is 0.667. The lowest BCUT2D eigenvalue weighted by molar-refractivity contribution is 0.0104. The van der Waals surface area contributed by atoms with E-state index in [1.54, 1.807) is 0 Å². The van der Waals surface area contributed by atoms with Crippen LogP contribution in [0.1, 0.15) is 42.9 Å². The molecule has 2 N–H and O–H groups in total. The van der Waals surface area contributed by atoms with Crippen molar-refractivity contribution in [3.05, 3.63) is 35.4 Å². The normalized spacial score (nSPS) is 27.5. The van der Waals surface area contributed by atoms with Crippen LogP contribution in [0.3, 0.4) is 0 Å². The minimum absolute atomic E-state index is 0.152. The van der Waals surface area contributed by atoms with Crippen LogP contribution in [0.5, 0.6) is 0 Å². The number of hydrogen-bond acceptors (Lipinski definition) is 3. The maximum Gasteiger partial charge on any atom is 0.0455 e. The predicted octanol–water partition coefficient (Wildman–Crippen LogP) is 2.42. The lowest BCUT2D eigenvalue weighted by atomic mass is 9.74. The molecule has 0 aromatic heterocycles. The summed E-state index contributed by atoms with van der Waals surface area (Å²) < 4.78 is 0. The van der Waals surface area contributed by atoms with Gasteiger partial charge < -0.3 is 10.6 Å². The fourth-order valence-electron chi connectivity index (χ4n) is 4.18. The standard InChI is InChI=1S/C18H29N3/c1-20(2)18(11-6-12-18)13-21(3)16-10-9-14-7-4-5-8-15(14)17(16)19/h4-5,7-8,16-17H,6,9-13,19H2,1-3H3. The van der Waals surface area contributed by atoms with Gasteiger partial charge in [0.15, 0.2) is 0 Å².